The summed E-state index contributed by atoms with van der Waals surface area (Å²) in [7, 11) is 1.85. The van der Waals surface area contributed by atoms with Gasteiger partial charge in [-0.3, -0.25) is 14.7 Å². The number of ketones is 1. The van der Waals surface area contributed by atoms with Gasteiger partial charge in [-0.2, -0.15) is 0 Å². The van der Waals surface area contributed by atoms with E-state index in [4.69, 9.17) is 0 Å². The van der Waals surface area contributed by atoms with Crippen LogP contribution in [0.3, 0.4) is 0 Å². The Bertz CT molecular complexity index is 557. The second-order valence-corrected chi connectivity index (χ2v) is 4.47. The van der Waals surface area contributed by atoms with Crippen molar-refractivity contribution in [1.82, 2.24) is 9.88 Å². The number of Topliss-reactive ketones (excluding diaryl/α,β-unsaturated/α-hetero) is 1. The highest BCUT2D eigenvalue weighted by molar-refractivity contribution is 5.97. The van der Waals surface area contributed by atoms with Crippen LogP contribution in [0.2, 0.25) is 0 Å². The molecule has 1 heterocycles. The lowest BCUT2D eigenvalue weighted by Crippen LogP contribution is -2.25. The number of hydrogen-bond acceptors (Lipinski definition) is 3. The van der Waals surface area contributed by atoms with Gasteiger partial charge in [0.05, 0.1) is 6.54 Å². The van der Waals surface area contributed by atoms with E-state index in [1.165, 1.54) is 12.1 Å². The molecule has 1 aromatic heterocycles. The first-order chi connectivity index (χ1) is 9.15. The van der Waals surface area contributed by atoms with Gasteiger partial charge in [-0.1, -0.05) is 18.2 Å². The molecule has 0 atom stereocenters. The standard InChI is InChI=1S/C15H15FN2O/c1-18(10-12-4-3-7-17-9-12)11-15(19)13-5-2-6-14(16)8-13/h2-9H,10-11H2,1H3. The van der Waals surface area contributed by atoms with E-state index in [2.05, 4.69) is 4.98 Å². The molecule has 0 radical (unpaired) electrons. The molecule has 0 saturated heterocycles. The maximum Gasteiger partial charge on any atom is 0.176 e. The molecule has 0 unspecified atom stereocenters. The second-order valence-electron chi connectivity index (χ2n) is 4.47. The van der Waals surface area contributed by atoms with Crippen molar-refractivity contribution in [3.05, 3.63) is 65.7 Å². The molecule has 2 aromatic rings. The third-order valence-electron chi connectivity index (χ3n) is 2.74. The van der Waals surface area contributed by atoms with Gasteiger partial charge in [-0.05, 0) is 30.8 Å². The van der Waals surface area contributed by atoms with Gasteiger partial charge in [0, 0.05) is 24.5 Å². The first kappa shape index (κ1) is 13.4. The Balaban J connectivity index is 1.95. The van der Waals surface area contributed by atoms with Gasteiger partial charge in [0.1, 0.15) is 5.82 Å². The van der Waals surface area contributed by atoms with E-state index in [1.54, 1.807) is 24.5 Å². The van der Waals surface area contributed by atoms with Crippen LogP contribution in [0.1, 0.15) is 15.9 Å². The van der Waals surface area contributed by atoms with Gasteiger partial charge in [0.25, 0.3) is 0 Å². The summed E-state index contributed by atoms with van der Waals surface area (Å²) in [6.07, 6.45) is 3.48. The summed E-state index contributed by atoms with van der Waals surface area (Å²) in [4.78, 5) is 17.9. The van der Waals surface area contributed by atoms with Crippen molar-refractivity contribution in [3.63, 3.8) is 0 Å². The average Bonchev–Trinajstić information content (AvgIpc) is 2.39. The summed E-state index contributed by atoms with van der Waals surface area (Å²) >= 11 is 0. The number of aromatic nitrogens is 1. The number of pyridine rings is 1. The lowest BCUT2D eigenvalue weighted by Gasteiger charge is -2.15. The topological polar surface area (TPSA) is 33.2 Å². The number of hydrogen-bond donors (Lipinski definition) is 0. The molecule has 0 N–H and O–H groups in total. The van der Waals surface area contributed by atoms with E-state index in [-0.39, 0.29) is 18.1 Å². The predicted octanol–water partition coefficient (Wildman–Crippen LogP) is 2.54. The van der Waals surface area contributed by atoms with Gasteiger partial charge < -0.3 is 0 Å². The van der Waals surface area contributed by atoms with Crippen LogP contribution in [0, 0.1) is 5.82 Å². The van der Waals surface area contributed by atoms with Crippen LogP contribution < -0.4 is 0 Å². The monoisotopic (exact) mass is 258 g/mol. The van der Waals surface area contributed by atoms with E-state index < -0.39 is 0 Å². The number of rotatable bonds is 5. The highest BCUT2D eigenvalue weighted by atomic mass is 19.1. The molecular weight excluding hydrogens is 243 g/mol. The van der Waals surface area contributed by atoms with Crippen molar-refractivity contribution >= 4 is 5.78 Å². The quantitative estimate of drug-likeness (QED) is 0.773. The zero-order valence-corrected chi connectivity index (χ0v) is 10.7. The van der Waals surface area contributed by atoms with Crippen molar-refractivity contribution in [3.8, 4) is 0 Å². The fraction of sp³-hybridized carbons (Fsp3) is 0.200. The Hall–Kier alpha value is -2.07. The molecule has 0 aliphatic carbocycles. The van der Waals surface area contributed by atoms with E-state index in [1.807, 2.05) is 24.1 Å². The minimum absolute atomic E-state index is 0.0918. The van der Waals surface area contributed by atoms with E-state index in [0.717, 1.165) is 5.56 Å². The molecule has 0 fully saturated rings. The normalized spacial score (nSPS) is 10.7. The predicted molar refractivity (Wildman–Crippen MR) is 71.3 cm³/mol. The van der Waals surface area contributed by atoms with Crippen molar-refractivity contribution in [1.29, 1.82) is 0 Å². The Labute approximate surface area is 111 Å². The number of nitrogens with zero attached hydrogens (tertiary/aromatic N) is 2. The highest BCUT2D eigenvalue weighted by Crippen LogP contribution is 2.07. The van der Waals surface area contributed by atoms with Crippen LogP contribution >= 0.6 is 0 Å². The van der Waals surface area contributed by atoms with Gasteiger partial charge in [0.15, 0.2) is 5.78 Å². The molecule has 1 aromatic carbocycles. The van der Waals surface area contributed by atoms with Crippen molar-refractivity contribution in [2.75, 3.05) is 13.6 Å². The smallest absolute Gasteiger partial charge is 0.176 e. The third-order valence-corrected chi connectivity index (χ3v) is 2.74. The number of carbonyl (C=O) groups is 1. The molecular formula is C15H15FN2O. The molecule has 98 valence electrons. The molecule has 19 heavy (non-hydrogen) atoms. The summed E-state index contributed by atoms with van der Waals surface area (Å²) in [5.41, 5.74) is 1.44. The molecule has 0 aliphatic rings. The highest BCUT2D eigenvalue weighted by Gasteiger charge is 2.10. The molecule has 4 heteroatoms. The minimum Gasteiger partial charge on any atom is -0.295 e. The van der Waals surface area contributed by atoms with Crippen molar-refractivity contribution < 1.29 is 9.18 Å². The second kappa shape index (κ2) is 6.20. The molecule has 0 saturated carbocycles. The molecule has 3 nitrogen and oxygen atoms in total. The summed E-state index contributed by atoms with van der Waals surface area (Å²) in [6.45, 7) is 0.882. The van der Waals surface area contributed by atoms with Gasteiger partial charge in [0.2, 0.25) is 0 Å². The van der Waals surface area contributed by atoms with E-state index in [9.17, 15) is 9.18 Å². The maximum absolute atomic E-state index is 13.0. The Morgan fingerprint density at radius 1 is 1.32 bits per heavy atom. The Morgan fingerprint density at radius 2 is 2.16 bits per heavy atom. The lowest BCUT2D eigenvalue weighted by atomic mass is 10.1. The average molecular weight is 258 g/mol. The van der Waals surface area contributed by atoms with Crippen LogP contribution in [0.4, 0.5) is 4.39 Å². The van der Waals surface area contributed by atoms with E-state index in [0.29, 0.717) is 12.1 Å². The summed E-state index contributed by atoms with van der Waals surface area (Å²) in [6, 6.07) is 9.58. The molecule has 2 rings (SSSR count). The van der Waals surface area contributed by atoms with Gasteiger partial charge in [-0.25, -0.2) is 4.39 Å². The largest absolute Gasteiger partial charge is 0.295 e. The number of carbonyl (C=O) groups excluding carboxylic acids is 1. The van der Waals surface area contributed by atoms with Gasteiger partial charge >= 0.3 is 0 Å². The van der Waals surface area contributed by atoms with Crippen LogP contribution in [0.25, 0.3) is 0 Å². The SMILES string of the molecule is CN(CC(=O)c1cccc(F)c1)Cc1cccnc1. The first-order valence-corrected chi connectivity index (χ1v) is 6.01. The fourth-order valence-corrected chi connectivity index (χ4v) is 1.86. The summed E-state index contributed by atoms with van der Waals surface area (Å²) < 4.78 is 13.0. The zero-order valence-electron chi connectivity index (χ0n) is 10.7. The molecule has 0 spiro atoms. The van der Waals surface area contributed by atoms with Gasteiger partial charge in [-0.15, -0.1) is 0 Å². The van der Waals surface area contributed by atoms with Crippen molar-refractivity contribution in [2.45, 2.75) is 6.54 Å². The van der Waals surface area contributed by atoms with Crippen LogP contribution in [-0.4, -0.2) is 29.3 Å². The van der Waals surface area contributed by atoms with Crippen LogP contribution in [0.15, 0.2) is 48.8 Å². The number of halogens is 1. The number of benzene rings is 1. The van der Waals surface area contributed by atoms with Crippen molar-refractivity contribution in [2.24, 2.45) is 0 Å². The van der Waals surface area contributed by atoms with Crippen LogP contribution in [0.5, 0.6) is 0 Å². The first-order valence-electron chi connectivity index (χ1n) is 6.01. The molecule has 0 aliphatic heterocycles. The molecule has 0 amide bonds. The maximum atomic E-state index is 13.0. The lowest BCUT2D eigenvalue weighted by molar-refractivity contribution is 0.0942. The Morgan fingerprint density at radius 3 is 2.84 bits per heavy atom. The molecule has 0 bridgehead atoms. The zero-order chi connectivity index (χ0) is 13.7. The minimum atomic E-state index is -0.388. The summed E-state index contributed by atoms with van der Waals surface area (Å²) in [5, 5.41) is 0. The van der Waals surface area contributed by atoms with E-state index >= 15 is 0 Å². The third kappa shape index (κ3) is 3.96. The summed E-state index contributed by atoms with van der Waals surface area (Å²) in [5.74, 6) is -0.480. The van der Waals surface area contributed by atoms with Crippen LogP contribution in [-0.2, 0) is 6.54 Å². The number of likely N-dealkylation sites (N-methyl/N-ethyl adjacent to an activating group) is 1. The fourth-order valence-electron chi connectivity index (χ4n) is 1.86. The Kier molecular flexibility index (Phi) is 4.36.